The molecule has 0 aliphatic heterocycles. The van der Waals surface area contributed by atoms with E-state index in [0.29, 0.717) is 18.2 Å². The van der Waals surface area contributed by atoms with E-state index >= 15 is 0 Å². The highest BCUT2D eigenvalue weighted by atomic mass is 16.5. The number of hydrogen-bond acceptors (Lipinski definition) is 5. The Morgan fingerprint density at radius 1 is 1.23 bits per heavy atom. The van der Waals surface area contributed by atoms with E-state index in [2.05, 4.69) is 36.2 Å². The zero-order valence-corrected chi connectivity index (χ0v) is 18.2. The molecule has 156 valence electrons. The standard InChI is InChI=1S/C24H28N4O2/c1-13(2)23-25-12-20(22-15(4)16(5)28-30-22)21(27-23)18-8-6-17(7-9-18)11-26-24(29)19-10-14(19)3/h6-9,12-14,19H,10-11H2,1-5H3,(H,26,29)/t14-,19-/m1/s1. The van der Waals surface area contributed by atoms with Gasteiger partial charge in [0, 0.05) is 35.7 Å². The largest absolute Gasteiger partial charge is 0.356 e. The molecule has 1 amide bonds. The van der Waals surface area contributed by atoms with Crippen LogP contribution in [0.5, 0.6) is 0 Å². The first-order chi connectivity index (χ1) is 14.3. The molecule has 0 bridgehead atoms. The van der Waals surface area contributed by atoms with E-state index in [4.69, 9.17) is 9.51 Å². The van der Waals surface area contributed by atoms with Gasteiger partial charge in [-0.1, -0.05) is 50.2 Å². The molecule has 2 aromatic heterocycles. The molecule has 1 aliphatic carbocycles. The van der Waals surface area contributed by atoms with Crippen molar-refractivity contribution in [2.45, 2.75) is 53.5 Å². The number of carbonyl (C=O) groups is 1. The summed E-state index contributed by atoms with van der Waals surface area (Å²) in [7, 11) is 0. The molecule has 6 heteroatoms. The summed E-state index contributed by atoms with van der Waals surface area (Å²) >= 11 is 0. The third kappa shape index (κ3) is 3.99. The van der Waals surface area contributed by atoms with E-state index < -0.39 is 0 Å². The molecule has 1 aliphatic rings. The summed E-state index contributed by atoms with van der Waals surface area (Å²) in [5, 5.41) is 7.13. The predicted molar refractivity (Wildman–Crippen MR) is 116 cm³/mol. The van der Waals surface area contributed by atoms with Crippen molar-refractivity contribution >= 4 is 5.91 Å². The van der Waals surface area contributed by atoms with Crippen molar-refractivity contribution in [2.24, 2.45) is 11.8 Å². The predicted octanol–water partition coefficient (Wildman–Crippen LogP) is 4.81. The summed E-state index contributed by atoms with van der Waals surface area (Å²) in [6, 6.07) is 8.14. The highest BCUT2D eigenvalue weighted by molar-refractivity contribution is 5.81. The van der Waals surface area contributed by atoms with Gasteiger partial charge in [-0.3, -0.25) is 4.79 Å². The maximum absolute atomic E-state index is 12.1. The third-order valence-electron chi connectivity index (χ3n) is 5.87. The van der Waals surface area contributed by atoms with Crippen LogP contribution >= 0.6 is 0 Å². The van der Waals surface area contributed by atoms with E-state index in [1.54, 1.807) is 0 Å². The van der Waals surface area contributed by atoms with Crippen LogP contribution in [0.3, 0.4) is 0 Å². The van der Waals surface area contributed by atoms with Gasteiger partial charge < -0.3 is 9.84 Å². The van der Waals surface area contributed by atoms with Crippen LogP contribution in [0, 0.1) is 25.7 Å². The molecule has 1 aromatic carbocycles. The minimum Gasteiger partial charge on any atom is -0.356 e. The Hall–Kier alpha value is -3.02. The molecule has 2 heterocycles. The minimum atomic E-state index is 0.155. The van der Waals surface area contributed by atoms with Gasteiger partial charge in [0.15, 0.2) is 5.76 Å². The van der Waals surface area contributed by atoms with Crippen LogP contribution in [0.15, 0.2) is 35.0 Å². The molecule has 1 N–H and O–H groups in total. The maximum atomic E-state index is 12.1. The van der Waals surface area contributed by atoms with E-state index in [9.17, 15) is 4.79 Å². The molecule has 1 saturated carbocycles. The number of aryl methyl sites for hydroxylation is 1. The summed E-state index contributed by atoms with van der Waals surface area (Å²) in [4.78, 5) is 21.5. The number of nitrogens with zero attached hydrogens (tertiary/aromatic N) is 3. The van der Waals surface area contributed by atoms with Crippen molar-refractivity contribution in [3.63, 3.8) is 0 Å². The number of benzene rings is 1. The Morgan fingerprint density at radius 2 is 1.93 bits per heavy atom. The highest BCUT2D eigenvalue weighted by Crippen LogP contribution is 2.38. The molecule has 4 rings (SSSR count). The van der Waals surface area contributed by atoms with Crippen LogP contribution in [0.2, 0.25) is 0 Å². The van der Waals surface area contributed by atoms with E-state index in [1.807, 2.05) is 44.3 Å². The molecule has 30 heavy (non-hydrogen) atoms. The first-order valence-electron chi connectivity index (χ1n) is 10.5. The van der Waals surface area contributed by atoms with Crippen LogP contribution in [-0.4, -0.2) is 21.0 Å². The van der Waals surface area contributed by atoms with Crippen molar-refractivity contribution < 1.29 is 9.32 Å². The number of rotatable bonds is 6. The average Bonchev–Trinajstić information content (AvgIpc) is 3.39. The smallest absolute Gasteiger partial charge is 0.223 e. The SMILES string of the molecule is Cc1noc(-c2cnc(C(C)C)nc2-c2ccc(CNC(=O)[C@@H]3C[C@H]3C)cc2)c1C. The Balaban J connectivity index is 1.62. The maximum Gasteiger partial charge on any atom is 0.223 e. The molecule has 0 radical (unpaired) electrons. The van der Waals surface area contributed by atoms with Crippen LogP contribution < -0.4 is 5.32 Å². The van der Waals surface area contributed by atoms with Crippen LogP contribution in [0.25, 0.3) is 22.6 Å². The van der Waals surface area contributed by atoms with Gasteiger partial charge in [0.2, 0.25) is 5.91 Å². The Kier molecular flexibility index (Phi) is 5.41. The summed E-state index contributed by atoms with van der Waals surface area (Å²) in [6.07, 6.45) is 2.83. The normalized spacial score (nSPS) is 17.9. The molecule has 2 atom stereocenters. The Labute approximate surface area is 177 Å². The molecular weight excluding hydrogens is 376 g/mol. The van der Waals surface area contributed by atoms with Gasteiger partial charge in [0.25, 0.3) is 0 Å². The number of amides is 1. The Bertz CT molecular complexity index is 1070. The molecule has 6 nitrogen and oxygen atoms in total. The van der Waals surface area contributed by atoms with Crippen molar-refractivity contribution in [3.8, 4) is 22.6 Å². The van der Waals surface area contributed by atoms with Crippen molar-refractivity contribution in [2.75, 3.05) is 0 Å². The third-order valence-corrected chi connectivity index (χ3v) is 5.87. The topological polar surface area (TPSA) is 80.9 Å². The van der Waals surface area contributed by atoms with E-state index in [0.717, 1.165) is 45.9 Å². The molecule has 3 aromatic rings. The second kappa shape index (κ2) is 8.01. The number of nitrogens with one attached hydrogen (secondary N) is 1. The lowest BCUT2D eigenvalue weighted by molar-refractivity contribution is -0.122. The van der Waals surface area contributed by atoms with Crippen molar-refractivity contribution in [3.05, 3.63) is 53.1 Å². The number of carbonyl (C=O) groups excluding carboxylic acids is 1. The highest BCUT2D eigenvalue weighted by Gasteiger charge is 2.38. The van der Waals surface area contributed by atoms with Gasteiger partial charge in [0.05, 0.1) is 17.0 Å². The lowest BCUT2D eigenvalue weighted by Gasteiger charge is -2.12. The summed E-state index contributed by atoms with van der Waals surface area (Å²) in [5.74, 6) is 2.57. The van der Waals surface area contributed by atoms with Gasteiger partial charge >= 0.3 is 0 Å². The second-order valence-corrected chi connectivity index (χ2v) is 8.60. The fourth-order valence-corrected chi connectivity index (χ4v) is 3.51. The Morgan fingerprint density at radius 3 is 2.50 bits per heavy atom. The molecule has 0 spiro atoms. The first-order valence-corrected chi connectivity index (χ1v) is 10.5. The number of hydrogen-bond donors (Lipinski definition) is 1. The summed E-state index contributed by atoms with van der Waals surface area (Å²) < 4.78 is 5.59. The van der Waals surface area contributed by atoms with Crippen molar-refractivity contribution in [1.82, 2.24) is 20.4 Å². The first kappa shape index (κ1) is 20.3. The monoisotopic (exact) mass is 404 g/mol. The lowest BCUT2D eigenvalue weighted by atomic mass is 10.0. The average molecular weight is 405 g/mol. The second-order valence-electron chi connectivity index (χ2n) is 8.60. The van der Waals surface area contributed by atoms with E-state index in [-0.39, 0.29) is 17.7 Å². The number of aromatic nitrogens is 3. The summed E-state index contributed by atoms with van der Waals surface area (Å²) in [6.45, 7) is 10.7. The van der Waals surface area contributed by atoms with Crippen LogP contribution in [0.1, 0.15) is 55.8 Å². The molecular formula is C24H28N4O2. The zero-order valence-electron chi connectivity index (χ0n) is 18.2. The van der Waals surface area contributed by atoms with Crippen molar-refractivity contribution in [1.29, 1.82) is 0 Å². The van der Waals surface area contributed by atoms with Gasteiger partial charge in [-0.15, -0.1) is 0 Å². The van der Waals surface area contributed by atoms with Gasteiger partial charge in [0.1, 0.15) is 5.82 Å². The van der Waals surface area contributed by atoms with Gasteiger partial charge in [-0.25, -0.2) is 9.97 Å². The van der Waals surface area contributed by atoms with Crippen LogP contribution in [0.4, 0.5) is 0 Å². The van der Waals surface area contributed by atoms with Gasteiger partial charge in [-0.05, 0) is 31.7 Å². The fraction of sp³-hybridized carbons (Fsp3) is 0.417. The zero-order chi connectivity index (χ0) is 21.4. The van der Waals surface area contributed by atoms with Gasteiger partial charge in [-0.2, -0.15) is 0 Å². The van der Waals surface area contributed by atoms with Crippen LogP contribution in [-0.2, 0) is 11.3 Å². The molecule has 0 saturated heterocycles. The van der Waals surface area contributed by atoms with E-state index in [1.165, 1.54) is 0 Å². The molecule has 0 unspecified atom stereocenters. The summed E-state index contributed by atoms with van der Waals surface area (Å²) in [5.41, 5.74) is 5.56. The molecule has 1 fully saturated rings. The minimum absolute atomic E-state index is 0.155. The fourth-order valence-electron chi connectivity index (χ4n) is 3.51. The quantitative estimate of drug-likeness (QED) is 0.637. The lowest BCUT2D eigenvalue weighted by Crippen LogP contribution is -2.24.